The molecule has 1 aliphatic heterocycles. The minimum Gasteiger partial charge on any atom is -0.497 e. The van der Waals surface area contributed by atoms with Crippen molar-refractivity contribution in [3.8, 4) is 11.5 Å². The van der Waals surface area contributed by atoms with Crippen molar-refractivity contribution in [3.63, 3.8) is 0 Å². The van der Waals surface area contributed by atoms with Gasteiger partial charge in [-0.1, -0.05) is 18.2 Å². The second-order valence-corrected chi connectivity index (χ2v) is 5.47. The average molecular weight is 333 g/mol. The molecule has 0 spiro atoms. The molecule has 0 radical (unpaired) electrons. The van der Waals surface area contributed by atoms with E-state index in [1.807, 2.05) is 24.3 Å². The number of carbonyl (C=O) groups is 1. The molecule has 1 unspecified atom stereocenters. The van der Waals surface area contributed by atoms with E-state index in [9.17, 15) is 4.79 Å². The smallest absolute Gasteiger partial charge is 0.175 e. The van der Waals surface area contributed by atoms with E-state index < -0.39 is 0 Å². The van der Waals surface area contributed by atoms with Crippen molar-refractivity contribution < 1.29 is 14.3 Å². The van der Waals surface area contributed by atoms with E-state index in [2.05, 4.69) is 15.9 Å². The average Bonchev–Trinajstić information content (AvgIpc) is 2.90. The molecule has 0 amide bonds. The van der Waals surface area contributed by atoms with Gasteiger partial charge in [0.15, 0.2) is 5.78 Å². The number of carbonyl (C=O) groups excluding carboxylic acids is 1. The summed E-state index contributed by atoms with van der Waals surface area (Å²) in [5.74, 6) is 1.34. The Morgan fingerprint density at radius 3 is 2.85 bits per heavy atom. The third kappa shape index (κ3) is 2.20. The van der Waals surface area contributed by atoms with Crippen LogP contribution >= 0.6 is 15.9 Å². The van der Waals surface area contributed by atoms with Gasteiger partial charge in [-0.3, -0.25) is 4.79 Å². The molecule has 1 heterocycles. The molecule has 0 aliphatic carbocycles. The van der Waals surface area contributed by atoms with Crippen molar-refractivity contribution in [1.82, 2.24) is 0 Å². The highest BCUT2D eigenvalue weighted by atomic mass is 79.9. The van der Waals surface area contributed by atoms with Crippen LogP contribution in [0.25, 0.3) is 0 Å². The van der Waals surface area contributed by atoms with Crippen LogP contribution in [0, 0.1) is 0 Å². The van der Waals surface area contributed by atoms with Gasteiger partial charge < -0.3 is 9.47 Å². The molecule has 0 saturated carbocycles. The fourth-order valence-electron chi connectivity index (χ4n) is 2.39. The van der Waals surface area contributed by atoms with Crippen molar-refractivity contribution >= 4 is 21.7 Å². The van der Waals surface area contributed by atoms with E-state index >= 15 is 0 Å². The van der Waals surface area contributed by atoms with E-state index in [-0.39, 0.29) is 11.7 Å². The SMILES string of the molecule is COc1ccc(C(=O)C2COc3ccccc32)c(Br)c1. The van der Waals surface area contributed by atoms with Crippen LogP contribution < -0.4 is 9.47 Å². The Bertz CT molecular complexity index is 667. The number of Topliss-reactive ketones (excluding diaryl/α,β-unsaturated/α-hetero) is 1. The first-order valence-electron chi connectivity index (χ1n) is 6.30. The number of halogens is 1. The minimum atomic E-state index is -0.240. The van der Waals surface area contributed by atoms with Crippen LogP contribution in [0.5, 0.6) is 11.5 Å². The van der Waals surface area contributed by atoms with Gasteiger partial charge in [-0.15, -0.1) is 0 Å². The predicted molar refractivity (Wildman–Crippen MR) is 79.7 cm³/mol. The summed E-state index contributed by atoms with van der Waals surface area (Å²) in [5.41, 5.74) is 1.61. The zero-order valence-corrected chi connectivity index (χ0v) is 12.5. The van der Waals surface area contributed by atoms with Gasteiger partial charge in [0.25, 0.3) is 0 Å². The first-order chi connectivity index (χ1) is 9.70. The van der Waals surface area contributed by atoms with Gasteiger partial charge in [-0.2, -0.15) is 0 Å². The lowest BCUT2D eigenvalue weighted by Gasteiger charge is -2.10. The summed E-state index contributed by atoms with van der Waals surface area (Å²) < 4.78 is 11.5. The van der Waals surface area contributed by atoms with Gasteiger partial charge >= 0.3 is 0 Å². The molecule has 1 atom stereocenters. The maximum Gasteiger partial charge on any atom is 0.175 e. The lowest BCUT2D eigenvalue weighted by Crippen LogP contribution is -2.14. The van der Waals surface area contributed by atoms with Crippen LogP contribution in [0.2, 0.25) is 0 Å². The Morgan fingerprint density at radius 2 is 2.10 bits per heavy atom. The van der Waals surface area contributed by atoms with Crippen molar-refractivity contribution in [2.45, 2.75) is 5.92 Å². The number of fused-ring (bicyclic) bond motifs is 1. The quantitative estimate of drug-likeness (QED) is 0.801. The number of methoxy groups -OCH3 is 1. The highest BCUT2D eigenvalue weighted by Gasteiger charge is 2.31. The van der Waals surface area contributed by atoms with Gasteiger partial charge in [0.2, 0.25) is 0 Å². The third-order valence-electron chi connectivity index (χ3n) is 3.46. The first kappa shape index (κ1) is 13.2. The van der Waals surface area contributed by atoms with E-state index in [0.29, 0.717) is 12.2 Å². The summed E-state index contributed by atoms with van der Waals surface area (Å²) in [6.45, 7) is 0.399. The molecule has 3 nitrogen and oxygen atoms in total. The van der Waals surface area contributed by atoms with Gasteiger partial charge in [0.1, 0.15) is 18.1 Å². The van der Waals surface area contributed by atoms with E-state index in [0.717, 1.165) is 21.5 Å². The van der Waals surface area contributed by atoms with Crippen molar-refractivity contribution in [3.05, 3.63) is 58.1 Å². The second-order valence-electron chi connectivity index (χ2n) is 4.61. The standard InChI is InChI=1S/C16H13BrO3/c1-19-10-6-7-12(14(17)8-10)16(18)13-9-20-15-5-3-2-4-11(13)15/h2-8,13H,9H2,1H3. The second kappa shape index (κ2) is 5.29. The maximum absolute atomic E-state index is 12.7. The number of hydrogen-bond acceptors (Lipinski definition) is 3. The number of ether oxygens (including phenoxy) is 2. The summed E-state index contributed by atoms with van der Waals surface area (Å²) in [5, 5.41) is 0. The van der Waals surface area contributed by atoms with Crippen LogP contribution in [-0.2, 0) is 0 Å². The summed E-state index contributed by atoms with van der Waals surface area (Å²) in [6, 6.07) is 13.1. The van der Waals surface area contributed by atoms with Crippen LogP contribution in [0.15, 0.2) is 46.9 Å². The van der Waals surface area contributed by atoms with Gasteiger partial charge in [-0.05, 0) is 40.2 Å². The van der Waals surface area contributed by atoms with E-state index in [4.69, 9.17) is 9.47 Å². The molecule has 2 aromatic rings. The Labute approximate surface area is 125 Å². The molecule has 4 heteroatoms. The lowest BCUT2D eigenvalue weighted by atomic mass is 9.92. The molecule has 20 heavy (non-hydrogen) atoms. The third-order valence-corrected chi connectivity index (χ3v) is 4.11. The fourth-order valence-corrected chi connectivity index (χ4v) is 2.94. The summed E-state index contributed by atoms with van der Waals surface area (Å²) >= 11 is 3.43. The molecule has 0 N–H and O–H groups in total. The van der Waals surface area contributed by atoms with Crippen LogP contribution in [-0.4, -0.2) is 19.5 Å². The Balaban J connectivity index is 1.95. The number of rotatable bonds is 3. The molecule has 0 aromatic heterocycles. The number of ketones is 1. The molecule has 1 aliphatic rings. The number of hydrogen-bond donors (Lipinski definition) is 0. The minimum absolute atomic E-state index is 0.0597. The first-order valence-corrected chi connectivity index (χ1v) is 7.09. The zero-order chi connectivity index (χ0) is 14.1. The van der Waals surface area contributed by atoms with Crippen molar-refractivity contribution in [2.24, 2.45) is 0 Å². The molecule has 3 rings (SSSR count). The van der Waals surface area contributed by atoms with Crippen LogP contribution in [0.3, 0.4) is 0 Å². The van der Waals surface area contributed by atoms with Gasteiger partial charge in [0, 0.05) is 15.6 Å². The summed E-state index contributed by atoms with van der Waals surface area (Å²) in [7, 11) is 1.60. The van der Waals surface area contributed by atoms with E-state index in [1.54, 1.807) is 25.3 Å². The van der Waals surface area contributed by atoms with Gasteiger partial charge in [-0.25, -0.2) is 0 Å². The van der Waals surface area contributed by atoms with Gasteiger partial charge in [0.05, 0.1) is 13.0 Å². The molecule has 0 bridgehead atoms. The highest BCUT2D eigenvalue weighted by molar-refractivity contribution is 9.10. The van der Waals surface area contributed by atoms with Crippen molar-refractivity contribution in [2.75, 3.05) is 13.7 Å². The Morgan fingerprint density at radius 1 is 1.30 bits per heavy atom. The lowest BCUT2D eigenvalue weighted by molar-refractivity contribution is 0.0946. The van der Waals surface area contributed by atoms with Crippen LogP contribution in [0.1, 0.15) is 21.8 Å². The summed E-state index contributed by atoms with van der Waals surface area (Å²) in [6.07, 6.45) is 0. The molecule has 102 valence electrons. The summed E-state index contributed by atoms with van der Waals surface area (Å²) in [4.78, 5) is 12.7. The van der Waals surface area contributed by atoms with Crippen LogP contribution in [0.4, 0.5) is 0 Å². The molecule has 2 aromatic carbocycles. The zero-order valence-electron chi connectivity index (χ0n) is 10.9. The highest BCUT2D eigenvalue weighted by Crippen LogP contribution is 2.37. The number of benzene rings is 2. The fraction of sp³-hybridized carbons (Fsp3) is 0.188. The molecular formula is C16H13BrO3. The Kier molecular flexibility index (Phi) is 3.49. The van der Waals surface area contributed by atoms with Crippen molar-refractivity contribution in [1.29, 1.82) is 0 Å². The van der Waals surface area contributed by atoms with E-state index in [1.165, 1.54) is 0 Å². The molecule has 0 saturated heterocycles. The number of para-hydroxylation sites is 1. The Hall–Kier alpha value is -1.81. The monoisotopic (exact) mass is 332 g/mol. The normalized spacial score (nSPS) is 16.4. The predicted octanol–water partition coefficient (Wildman–Crippen LogP) is 3.82. The molecule has 0 fully saturated rings. The largest absolute Gasteiger partial charge is 0.497 e. The maximum atomic E-state index is 12.7. The molecular weight excluding hydrogens is 320 g/mol. The topological polar surface area (TPSA) is 35.5 Å².